The fourth-order valence-corrected chi connectivity index (χ4v) is 2.40. The first kappa shape index (κ1) is 13.6. The maximum Gasteiger partial charge on any atom is 0.303 e. The number of hydrogen-bond acceptors (Lipinski definition) is 3. The van der Waals surface area contributed by atoms with Gasteiger partial charge in [0.2, 0.25) is 0 Å². The van der Waals surface area contributed by atoms with Gasteiger partial charge in [-0.3, -0.25) is 4.79 Å². The van der Waals surface area contributed by atoms with Crippen LogP contribution >= 0.6 is 0 Å². The van der Waals surface area contributed by atoms with Gasteiger partial charge in [-0.05, 0) is 42.4 Å². The molecule has 1 aliphatic rings. The van der Waals surface area contributed by atoms with Crippen LogP contribution in [-0.2, 0) is 4.79 Å². The molecule has 1 aliphatic carbocycles. The summed E-state index contributed by atoms with van der Waals surface area (Å²) in [5.74, 6) is -0.870. The lowest BCUT2D eigenvalue weighted by Crippen LogP contribution is -2.09. The highest BCUT2D eigenvalue weighted by atomic mass is 19.1. The molecule has 19 heavy (non-hydrogen) atoms. The number of rotatable bonds is 6. The van der Waals surface area contributed by atoms with Crippen molar-refractivity contribution in [1.29, 1.82) is 0 Å². The predicted octanol–water partition coefficient (Wildman–Crippen LogP) is 2.81. The van der Waals surface area contributed by atoms with Crippen molar-refractivity contribution in [3.63, 3.8) is 0 Å². The van der Waals surface area contributed by atoms with E-state index in [1.54, 1.807) is 6.07 Å². The topological polar surface area (TPSA) is 55.8 Å². The van der Waals surface area contributed by atoms with Crippen LogP contribution in [0.25, 0.3) is 0 Å². The maximum atomic E-state index is 13.9. The van der Waals surface area contributed by atoms with Crippen LogP contribution in [0.3, 0.4) is 0 Å². The highest BCUT2D eigenvalue weighted by molar-refractivity contribution is 5.68. The van der Waals surface area contributed by atoms with Gasteiger partial charge >= 0.3 is 5.97 Å². The van der Waals surface area contributed by atoms with E-state index >= 15 is 0 Å². The van der Waals surface area contributed by atoms with E-state index in [-0.39, 0.29) is 18.1 Å². The fraction of sp³-hybridized carbons (Fsp3) is 0.500. The van der Waals surface area contributed by atoms with Crippen LogP contribution < -0.4 is 9.47 Å². The Kier molecular flexibility index (Phi) is 3.93. The summed E-state index contributed by atoms with van der Waals surface area (Å²) in [6.07, 6.45) is 2.00. The summed E-state index contributed by atoms with van der Waals surface area (Å²) in [6, 6.07) is 3.03. The standard InChI is InChI=1S/C14H17FO4/c1-18-12-6-9(5-11(15)14(12)19-2)10(7-13(16)17)8-3-4-8/h5-6,8,10H,3-4,7H2,1-2H3,(H,16,17). The zero-order chi connectivity index (χ0) is 14.0. The molecule has 0 aliphatic heterocycles. The molecule has 1 saturated carbocycles. The predicted molar refractivity (Wildman–Crippen MR) is 67.2 cm³/mol. The third kappa shape index (κ3) is 2.97. The first-order chi connectivity index (χ1) is 9.06. The second kappa shape index (κ2) is 5.47. The van der Waals surface area contributed by atoms with E-state index in [9.17, 15) is 9.18 Å². The molecule has 0 aromatic heterocycles. The van der Waals surface area contributed by atoms with Gasteiger partial charge in [0.1, 0.15) is 0 Å². The molecule has 0 heterocycles. The summed E-state index contributed by atoms with van der Waals surface area (Å²) in [5, 5.41) is 8.97. The van der Waals surface area contributed by atoms with Crippen molar-refractivity contribution in [3.05, 3.63) is 23.5 Å². The second-order valence-electron chi connectivity index (χ2n) is 4.78. The molecule has 4 nitrogen and oxygen atoms in total. The van der Waals surface area contributed by atoms with E-state index in [1.807, 2.05) is 0 Å². The molecule has 1 aromatic carbocycles. The van der Waals surface area contributed by atoms with Gasteiger partial charge in [-0.25, -0.2) is 4.39 Å². The zero-order valence-corrected chi connectivity index (χ0v) is 11.0. The molecule has 0 amide bonds. The van der Waals surface area contributed by atoms with Crippen LogP contribution in [0.5, 0.6) is 11.5 Å². The fourth-order valence-electron chi connectivity index (χ4n) is 2.40. The first-order valence-electron chi connectivity index (χ1n) is 6.20. The van der Waals surface area contributed by atoms with Crippen molar-refractivity contribution in [2.45, 2.75) is 25.2 Å². The Bertz CT molecular complexity index is 483. The number of methoxy groups -OCH3 is 2. The highest BCUT2D eigenvalue weighted by Gasteiger charge is 2.34. The summed E-state index contributed by atoms with van der Waals surface area (Å²) in [4.78, 5) is 10.9. The van der Waals surface area contributed by atoms with Crippen molar-refractivity contribution >= 4 is 5.97 Å². The van der Waals surface area contributed by atoms with Gasteiger partial charge in [0.25, 0.3) is 0 Å². The molecular weight excluding hydrogens is 251 g/mol. The Morgan fingerprint density at radius 1 is 1.42 bits per heavy atom. The van der Waals surface area contributed by atoms with E-state index in [1.165, 1.54) is 20.3 Å². The van der Waals surface area contributed by atoms with Gasteiger partial charge in [0.15, 0.2) is 17.3 Å². The normalized spacial score (nSPS) is 15.9. The number of benzene rings is 1. The van der Waals surface area contributed by atoms with Crippen molar-refractivity contribution in [2.24, 2.45) is 5.92 Å². The van der Waals surface area contributed by atoms with E-state index in [0.717, 1.165) is 12.8 Å². The molecule has 1 N–H and O–H groups in total. The summed E-state index contributed by atoms with van der Waals surface area (Å²) < 4.78 is 24.0. The number of carbonyl (C=O) groups is 1. The van der Waals surface area contributed by atoms with E-state index in [4.69, 9.17) is 14.6 Å². The van der Waals surface area contributed by atoms with Crippen LogP contribution in [-0.4, -0.2) is 25.3 Å². The number of carboxylic acids is 1. The van der Waals surface area contributed by atoms with Crippen LogP contribution in [0.1, 0.15) is 30.7 Å². The Morgan fingerprint density at radius 2 is 2.11 bits per heavy atom. The SMILES string of the molecule is COc1cc(C(CC(=O)O)C2CC2)cc(F)c1OC. The molecule has 1 fully saturated rings. The summed E-state index contributed by atoms with van der Waals surface area (Å²) in [6.45, 7) is 0. The van der Waals surface area contributed by atoms with Gasteiger partial charge in [0.05, 0.1) is 20.6 Å². The minimum atomic E-state index is -0.868. The highest BCUT2D eigenvalue weighted by Crippen LogP contribution is 2.46. The quantitative estimate of drug-likeness (QED) is 0.862. The Balaban J connectivity index is 2.36. The molecule has 0 spiro atoms. The average molecular weight is 268 g/mol. The number of aliphatic carboxylic acids is 1. The molecule has 104 valence electrons. The van der Waals surface area contributed by atoms with Gasteiger partial charge in [0, 0.05) is 0 Å². The number of halogens is 1. The van der Waals surface area contributed by atoms with Crippen LogP contribution in [0, 0.1) is 11.7 Å². The third-order valence-corrected chi connectivity index (χ3v) is 3.47. The molecule has 1 unspecified atom stereocenters. The molecule has 0 radical (unpaired) electrons. The van der Waals surface area contributed by atoms with E-state index in [0.29, 0.717) is 17.2 Å². The molecule has 2 rings (SSSR count). The molecule has 0 saturated heterocycles. The number of hydrogen-bond donors (Lipinski definition) is 1. The lowest BCUT2D eigenvalue weighted by Gasteiger charge is -2.17. The first-order valence-corrected chi connectivity index (χ1v) is 6.20. The molecule has 5 heteroatoms. The van der Waals surface area contributed by atoms with Crippen molar-refractivity contribution in [1.82, 2.24) is 0 Å². The van der Waals surface area contributed by atoms with Crippen molar-refractivity contribution in [2.75, 3.05) is 14.2 Å². The number of carboxylic acid groups (broad SMARTS) is 1. The van der Waals surface area contributed by atoms with Gasteiger partial charge in [-0.15, -0.1) is 0 Å². The third-order valence-electron chi connectivity index (χ3n) is 3.47. The summed E-state index contributed by atoms with van der Waals surface area (Å²) >= 11 is 0. The Morgan fingerprint density at radius 3 is 2.58 bits per heavy atom. The largest absolute Gasteiger partial charge is 0.493 e. The second-order valence-corrected chi connectivity index (χ2v) is 4.78. The van der Waals surface area contributed by atoms with Gasteiger partial charge in [-0.2, -0.15) is 0 Å². The van der Waals surface area contributed by atoms with Crippen LogP contribution in [0.2, 0.25) is 0 Å². The smallest absolute Gasteiger partial charge is 0.303 e. The van der Waals surface area contributed by atoms with Gasteiger partial charge in [-0.1, -0.05) is 0 Å². The average Bonchev–Trinajstić information content (AvgIpc) is 3.18. The van der Waals surface area contributed by atoms with Crippen LogP contribution in [0.15, 0.2) is 12.1 Å². The summed E-state index contributed by atoms with van der Waals surface area (Å²) in [5.41, 5.74) is 0.667. The lowest BCUT2D eigenvalue weighted by molar-refractivity contribution is -0.137. The zero-order valence-electron chi connectivity index (χ0n) is 11.0. The molecule has 0 bridgehead atoms. The monoisotopic (exact) mass is 268 g/mol. The van der Waals surface area contributed by atoms with Crippen molar-refractivity contribution in [3.8, 4) is 11.5 Å². The summed E-state index contributed by atoms with van der Waals surface area (Å²) in [7, 11) is 2.81. The minimum absolute atomic E-state index is 0.0135. The lowest BCUT2D eigenvalue weighted by atomic mass is 9.90. The molecular formula is C14H17FO4. The molecule has 1 aromatic rings. The number of ether oxygens (including phenoxy) is 2. The minimum Gasteiger partial charge on any atom is -0.493 e. The maximum absolute atomic E-state index is 13.9. The van der Waals surface area contributed by atoms with E-state index < -0.39 is 11.8 Å². The Labute approximate surface area is 111 Å². The van der Waals surface area contributed by atoms with Gasteiger partial charge < -0.3 is 14.6 Å². The van der Waals surface area contributed by atoms with Crippen LogP contribution in [0.4, 0.5) is 4.39 Å². The molecule has 1 atom stereocenters. The Hall–Kier alpha value is -1.78. The van der Waals surface area contributed by atoms with E-state index in [2.05, 4.69) is 0 Å². The van der Waals surface area contributed by atoms with Crippen molar-refractivity contribution < 1.29 is 23.8 Å².